The van der Waals surface area contributed by atoms with E-state index in [1.165, 1.54) is 5.01 Å². The zero-order valence-corrected chi connectivity index (χ0v) is 17.8. The van der Waals surface area contributed by atoms with Gasteiger partial charge in [-0.1, -0.05) is 42.5 Å². The van der Waals surface area contributed by atoms with E-state index in [4.69, 9.17) is 4.74 Å². The molecule has 1 atom stereocenters. The molecule has 1 unspecified atom stereocenters. The number of hydrogen-bond donors (Lipinski definition) is 1. The van der Waals surface area contributed by atoms with Crippen molar-refractivity contribution in [3.63, 3.8) is 0 Å². The van der Waals surface area contributed by atoms with Crippen molar-refractivity contribution in [2.75, 3.05) is 31.2 Å². The lowest BCUT2D eigenvalue weighted by Gasteiger charge is -2.29. The molecule has 0 radical (unpaired) electrons. The molecule has 7 heteroatoms. The van der Waals surface area contributed by atoms with Gasteiger partial charge in [0.05, 0.1) is 25.8 Å². The standard InChI is InChI=1S/C24H28N4O3/c1-18(20-7-9-21(10-8-20)27-13-15-31-16-14-27)25-24(30)22-11-12-23(29)28(26-22)17-19-5-3-2-4-6-19/h2-10,18H,11-17H2,1H3,(H,25,30). The number of carbonyl (C=O) groups excluding carboxylic acids is 2. The van der Waals surface area contributed by atoms with Gasteiger partial charge in [0.25, 0.3) is 5.91 Å². The van der Waals surface area contributed by atoms with E-state index in [9.17, 15) is 9.59 Å². The van der Waals surface area contributed by atoms with E-state index in [0.29, 0.717) is 25.1 Å². The molecule has 162 valence electrons. The monoisotopic (exact) mass is 420 g/mol. The zero-order valence-electron chi connectivity index (χ0n) is 17.8. The molecule has 1 N–H and O–H groups in total. The smallest absolute Gasteiger partial charge is 0.267 e. The van der Waals surface area contributed by atoms with Crippen LogP contribution in [0.15, 0.2) is 59.7 Å². The predicted octanol–water partition coefficient (Wildman–Crippen LogP) is 2.88. The van der Waals surface area contributed by atoms with Gasteiger partial charge >= 0.3 is 0 Å². The van der Waals surface area contributed by atoms with Crippen LogP contribution in [-0.4, -0.2) is 48.8 Å². The Morgan fingerprint density at radius 3 is 2.48 bits per heavy atom. The molecule has 0 spiro atoms. The fraction of sp³-hybridized carbons (Fsp3) is 0.375. The maximum atomic E-state index is 12.8. The summed E-state index contributed by atoms with van der Waals surface area (Å²) in [4.78, 5) is 27.3. The number of rotatable bonds is 6. The molecule has 2 aliphatic heterocycles. The normalized spacial score (nSPS) is 17.8. The van der Waals surface area contributed by atoms with Crippen LogP contribution in [0.25, 0.3) is 0 Å². The third-order valence-electron chi connectivity index (χ3n) is 5.66. The summed E-state index contributed by atoms with van der Waals surface area (Å²) in [6.45, 7) is 5.61. The number of hydrogen-bond acceptors (Lipinski definition) is 5. The molecule has 0 aromatic heterocycles. The molecule has 2 aromatic carbocycles. The Morgan fingerprint density at radius 1 is 1.06 bits per heavy atom. The molecular weight excluding hydrogens is 392 g/mol. The lowest BCUT2D eigenvalue weighted by molar-refractivity contribution is -0.132. The van der Waals surface area contributed by atoms with E-state index >= 15 is 0 Å². The average Bonchev–Trinajstić information content (AvgIpc) is 2.82. The summed E-state index contributed by atoms with van der Waals surface area (Å²) in [5, 5.41) is 8.77. The fourth-order valence-electron chi connectivity index (χ4n) is 3.80. The summed E-state index contributed by atoms with van der Waals surface area (Å²) in [6.07, 6.45) is 0.653. The molecule has 2 amide bonds. The molecule has 2 heterocycles. The van der Waals surface area contributed by atoms with Gasteiger partial charge in [0.15, 0.2) is 0 Å². The van der Waals surface area contributed by atoms with Crippen molar-refractivity contribution in [3.05, 3.63) is 65.7 Å². The minimum Gasteiger partial charge on any atom is -0.378 e. The second-order valence-electron chi connectivity index (χ2n) is 7.87. The first kappa shape index (κ1) is 21.1. The maximum Gasteiger partial charge on any atom is 0.267 e. The first-order chi connectivity index (χ1) is 15.1. The van der Waals surface area contributed by atoms with E-state index in [0.717, 1.165) is 43.1 Å². The highest BCUT2D eigenvalue weighted by molar-refractivity contribution is 6.39. The van der Waals surface area contributed by atoms with Crippen molar-refractivity contribution in [1.82, 2.24) is 10.3 Å². The minimum absolute atomic E-state index is 0.0628. The number of morpholine rings is 1. The molecule has 2 aromatic rings. The topological polar surface area (TPSA) is 74.2 Å². The summed E-state index contributed by atoms with van der Waals surface area (Å²) in [5.74, 6) is -0.289. The van der Waals surface area contributed by atoms with Crippen LogP contribution in [-0.2, 0) is 20.9 Å². The molecule has 0 bridgehead atoms. The van der Waals surface area contributed by atoms with Crippen molar-refractivity contribution in [1.29, 1.82) is 0 Å². The highest BCUT2D eigenvalue weighted by Gasteiger charge is 2.25. The van der Waals surface area contributed by atoms with Crippen LogP contribution in [0.2, 0.25) is 0 Å². The average molecular weight is 421 g/mol. The van der Waals surface area contributed by atoms with Crippen LogP contribution < -0.4 is 10.2 Å². The number of ether oxygens (including phenoxy) is 1. The third-order valence-corrected chi connectivity index (χ3v) is 5.66. The Balaban J connectivity index is 1.38. The highest BCUT2D eigenvalue weighted by Crippen LogP contribution is 2.21. The molecule has 0 saturated carbocycles. The van der Waals surface area contributed by atoms with E-state index < -0.39 is 0 Å². The Morgan fingerprint density at radius 2 is 1.77 bits per heavy atom. The van der Waals surface area contributed by atoms with Gasteiger partial charge in [0.1, 0.15) is 5.71 Å². The van der Waals surface area contributed by atoms with Crippen LogP contribution in [0.4, 0.5) is 5.69 Å². The molecule has 0 aliphatic carbocycles. The summed E-state index contributed by atoms with van der Waals surface area (Å²) in [5.41, 5.74) is 3.57. The Bertz CT molecular complexity index is 937. The molecule has 31 heavy (non-hydrogen) atoms. The molecule has 4 rings (SSSR count). The predicted molar refractivity (Wildman–Crippen MR) is 120 cm³/mol. The summed E-state index contributed by atoms with van der Waals surface area (Å²) < 4.78 is 5.41. The van der Waals surface area contributed by atoms with Crippen LogP contribution in [0.1, 0.15) is 36.9 Å². The first-order valence-corrected chi connectivity index (χ1v) is 10.8. The van der Waals surface area contributed by atoms with Crippen molar-refractivity contribution < 1.29 is 14.3 Å². The van der Waals surface area contributed by atoms with Crippen molar-refractivity contribution >= 4 is 23.2 Å². The van der Waals surface area contributed by atoms with Crippen molar-refractivity contribution in [2.45, 2.75) is 32.4 Å². The van der Waals surface area contributed by atoms with Gasteiger partial charge in [0, 0.05) is 31.6 Å². The van der Waals surface area contributed by atoms with Gasteiger partial charge in [-0.15, -0.1) is 0 Å². The highest BCUT2D eigenvalue weighted by atomic mass is 16.5. The van der Waals surface area contributed by atoms with Gasteiger partial charge < -0.3 is 15.0 Å². The molecule has 7 nitrogen and oxygen atoms in total. The molecule has 1 fully saturated rings. The number of amides is 2. The number of nitrogens with zero attached hydrogens (tertiary/aromatic N) is 3. The largest absolute Gasteiger partial charge is 0.378 e. The van der Waals surface area contributed by atoms with Crippen LogP contribution in [0.5, 0.6) is 0 Å². The minimum atomic E-state index is -0.227. The molecular formula is C24H28N4O3. The number of benzene rings is 2. The van der Waals surface area contributed by atoms with Gasteiger partial charge in [-0.3, -0.25) is 9.59 Å². The maximum absolute atomic E-state index is 12.8. The molecule has 1 saturated heterocycles. The van der Waals surface area contributed by atoms with Crippen LogP contribution in [0, 0.1) is 0 Å². The number of carbonyl (C=O) groups is 2. The number of nitrogens with one attached hydrogen (secondary N) is 1. The number of anilines is 1. The lowest BCUT2D eigenvalue weighted by atomic mass is 10.1. The van der Waals surface area contributed by atoms with E-state index in [1.807, 2.05) is 49.4 Å². The quantitative estimate of drug-likeness (QED) is 0.780. The van der Waals surface area contributed by atoms with Gasteiger partial charge in [0.2, 0.25) is 5.91 Å². The number of hydrazone groups is 1. The molecule has 2 aliphatic rings. The lowest BCUT2D eigenvalue weighted by Crippen LogP contribution is -2.39. The van der Waals surface area contributed by atoms with Gasteiger partial charge in [-0.25, -0.2) is 5.01 Å². The van der Waals surface area contributed by atoms with Crippen molar-refractivity contribution in [2.24, 2.45) is 5.10 Å². The Hall–Kier alpha value is -3.19. The second-order valence-corrected chi connectivity index (χ2v) is 7.87. The summed E-state index contributed by atoms with van der Waals surface area (Å²) in [6, 6.07) is 17.8. The first-order valence-electron chi connectivity index (χ1n) is 10.8. The van der Waals surface area contributed by atoms with Crippen LogP contribution >= 0.6 is 0 Å². The summed E-state index contributed by atoms with van der Waals surface area (Å²) >= 11 is 0. The Labute approximate surface area is 182 Å². The van der Waals surface area contributed by atoms with Gasteiger partial charge in [-0.05, 0) is 30.2 Å². The van der Waals surface area contributed by atoms with E-state index in [2.05, 4.69) is 27.5 Å². The summed E-state index contributed by atoms with van der Waals surface area (Å²) in [7, 11) is 0. The van der Waals surface area contributed by atoms with Crippen LogP contribution in [0.3, 0.4) is 0 Å². The van der Waals surface area contributed by atoms with E-state index in [-0.39, 0.29) is 17.9 Å². The second kappa shape index (κ2) is 9.75. The van der Waals surface area contributed by atoms with E-state index in [1.54, 1.807) is 0 Å². The SMILES string of the molecule is CC(NC(=O)C1=NN(Cc2ccccc2)C(=O)CC1)c1ccc(N2CCOCC2)cc1. The zero-order chi connectivity index (χ0) is 21.6. The Kier molecular flexibility index (Phi) is 6.62. The fourth-order valence-corrected chi connectivity index (χ4v) is 3.80. The van der Waals surface area contributed by atoms with Gasteiger partial charge in [-0.2, -0.15) is 5.10 Å². The van der Waals surface area contributed by atoms with Crippen molar-refractivity contribution in [3.8, 4) is 0 Å². The third kappa shape index (κ3) is 5.30.